The molecular formula is C19H27BO2. The van der Waals surface area contributed by atoms with Gasteiger partial charge in [0, 0.05) is 0 Å². The average molecular weight is 298 g/mol. The summed E-state index contributed by atoms with van der Waals surface area (Å²) >= 11 is 0. The number of hydrogen-bond acceptors (Lipinski definition) is 2. The van der Waals surface area contributed by atoms with Crippen LogP contribution in [0.4, 0.5) is 0 Å². The molecule has 0 spiro atoms. The van der Waals surface area contributed by atoms with E-state index < -0.39 is 0 Å². The highest BCUT2D eigenvalue weighted by atomic mass is 16.7. The third-order valence-electron chi connectivity index (χ3n) is 4.36. The largest absolute Gasteiger partial charge is 0.494 e. The molecule has 1 fully saturated rings. The number of allylic oxidation sites excluding steroid dienone is 3. The van der Waals surface area contributed by atoms with Crippen molar-refractivity contribution in [3.63, 3.8) is 0 Å². The Morgan fingerprint density at radius 1 is 0.909 bits per heavy atom. The predicted molar refractivity (Wildman–Crippen MR) is 95.2 cm³/mol. The van der Waals surface area contributed by atoms with Crippen LogP contribution in [-0.4, -0.2) is 18.3 Å². The summed E-state index contributed by atoms with van der Waals surface area (Å²) in [5.41, 5.74) is 1.65. The standard InChI is InChI=1S/C19H27BO2/c1-15(2)9-7-8-10-16-11-13-17(14-12-16)20-21-18(3,4)19(5,6)22-20/h7-15H,1-6H3/b9-7+,10-8?. The molecule has 1 heterocycles. The molecule has 0 atom stereocenters. The minimum Gasteiger partial charge on any atom is -0.399 e. The van der Waals surface area contributed by atoms with Gasteiger partial charge in [0.2, 0.25) is 0 Å². The van der Waals surface area contributed by atoms with Crippen molar-refractivity contribution in [3.8, 4) is 0 Å². The minimum absolute atomic E-state index is 0.288. The molecule has 2 nitrogen and oxygen atoms in total. The zero-order chi connectivity index (χ0) is 16.4. The van der Waals surface area contributed by atoms with Gasteiger partial charge in [0.05, 0.1) is 11.2 Å². The summed E-state index contributed by atoms with van der Waals surface area (Å²) in [7, 11) is -0.288. The summed E-state index contributed by atoms with van der Waals surface area (Å²) in [5.74, 6) is 0.579. The molecule has 1 aliphatic heterocycles. The van der Waals surface area contributed by atoms with Crippen molar-refractivity contribution in [2.24, 2.45) is 5.92 Å². The van der Waals surface area contributed by atoms with E-state index in [1.165, 1.54) is 5.56 Å². The van der Waals surface area contributed by atoms with Gasteiger partial charge in [-0.15, -0.1) is 0 Å². The number of rotatable bonds is 4. The Balaban J connectivity index is 2.04. The second-order valence-electron chi connectivity index (χ2n) is 7.24. The van der Waals surface area contributed by atoms with Crippen LogP contribution in [-0.2, 0) is 9.31 Å². The second kappa shape index (κ2) is 6.43. The molecule has 0 amide bonds. The Morgan fingerprint density at radius 3 is 1.95 bits per heavy atom. The van der Waals surface area contributed by atoms with Crippen LogP contribution in [0.2, 0.25) is 0 Å². The second-order valence-corrected chi connectivity index (χ2v) is 7.24. The molecular weight excluding hydrogens is 271 g/mol. The molecule has 3 heteroatoms. The summed E-state index contributed by atoms with van der Waals surface area (Å²) in [5, 5.41) is 0. The topological polar surface area (TPSA) is 18.5 Å². The first kappa shape index (κ1) is 17.0. The van der Waals surface area contributed by atoms with Crippen LogP contribution < -0.4 is 5.46 Å². The predicted octanol–water partition coefficient (Wildman–Crippen LogP) is 4.21. The Kier molecular flexibility index (Phi) is 4.98. The first-order valence-electron chi connectivity index (χ1n) is 8.02. The lowest BCUT2D eigenvalue weighted by atomic mass is 9.79. The Morgan fingerprint density at radius 2 is 1.45 bits per heavy atom. The van der Waals surface area contributed by atoms with Crippen molar-refractivity contribution >= 4 is 18.7 Å². The Bertz CT molecular complexity index is 537. The lowest BCUT2D eigenvalue weighted by Gasteiger charge is -2.32. The number of hydrogen-bond donors (Lipinski definition) is 0. The first-order valence-corrected chi connectivity index (χ1v) is 8.02. The van der Waals surface area contributed by atoms with Crippen molar-refractivity contribution in [1.82, 2.24) is 0 Å². The molecule has 1 saturated heterocycles. The minimum atomic E-state index is -0.294. The lowest BCUT2D eigenvalue weighted by Crippen LogP contribution is -2.41. The van der Waals surface area contributed by atoms with E-state index in [1.54, 1.807) is 0 Å². The highest BCUT2D eigenvalue weighted by Crippen LogP contribution is 2.36. The summed E-state index contributed by atoms with van der Waals surface area (Å²) in [6.07, 6.45) is 8.44. The van der Waals surface area contributed by atoms with Crippen LogP contribution >= 0.6 is 0 Å². The molecule has 1 aromatic rings. The van der Waals surface area contributed by atoms with E-state index in [0.717, 1.165) is 5.46 Å². The molecule has 0 aliphatic carbocycles. The maximum Gasteiger partial charge on any atom is 0.494 e. The van der Waals surface area contributed by atoms with E-state index >= 15 is 0 Å². The quantitative estimate of drug-likeness (QED) is 0.612. The van der Waals surface area contributed by atoms with Crippen LogP contribution in [0.5, 0.6) is 0 Å². The molecule has 1 aliphatic rings. The van der Waals surface area contributed by atoms with Crippen molar-refractivity contribution in [3.05, 3.63) is 48.1 Å². The first-order chi connectivity index (χ1) is 10.2. The molecule has 0 radical (unpaired) electrons. The molecule has 0 aromatic heterocycles. The third kappa shape index (κ3) is 3.90. The van der Waals surface area contributed by atoms with E-state index in [1.807, 2.05) is 0 Å². The smallest absolute Gasteiger partial charge is 0.399 e. The zero-order valence-electron chi connectivity index (χ0n) is 14.6. The van der Waals surface area contributed by atoms with E-state index in [4.69, 9.17) is 9.31 Å². The normalized spacial score (nSPS) is 20.6. The van der Waals surface area contributed by atoms with Gasteiger partial charge in [0.1, 0.15) is 0 Å². The van der Waals surface area contributed by atoms with Crippen LogP contribution in [0.25, 0.3) is 6.08 Å². The number of benzene rings is 1. The fourth-order valence-corrected chi connectivity index (χ4v) is 2.20. The lowest BCUT2D eigenvalue weighted by molar-refractivity contribution is 0.00578. The van der Waals surface area contributed by atoms with Crippen molar-refractivity contribution in [2.75, 3.05) is 0 Å². The van der Waals surface area contributed by atoms with Gasteiger partial charge in [0.25, 0.3) is 0 Å². The summed E-state index contributed by atoms with van der Waals surface area (Å²) < 4.78 is 12.1. The highest BCUT2D eigenvalue weighted by molar-refractivity contribution is 6.62. The fourth-order valence-electron chi connectivity index (χ4n) is 2.20. The van der Waals surface area contributed by atoms with Crippen LogP contribution in [0, 0.1) is 5.92 Å². The van der Waals surface area contributed by atoms with Gasteiger partial charge < -0.3 is 9.31 Å². The van der Waals surface area contributed by atoms with E-state index in [2.05, 4.69) is 90.1 Å². The molecule has 0 unspecified atom stereocenters. The Labute approximate surface area is 135 Å². The molecule has 0 saturated carbocycles. The maximum absolute atomic E-state index is 6.06. The van der Waals surface area contributed by atoms with Gasteiger partial charge in [-0.2, -0.15) is 0 Å². The third-order valence-corrected chi connectivity index (χ3v) is 4.36. The van der Waals surface area contributed by atoms with Gasteiger partial charge >= 0.3 is 7.12 Å². The fraction of sp³-hybridized carbons (Fsp3) is 0.474. The summed E-state index contributed by atoms with van der Waals surface area (Å²) in [6, 6.07) is 8.35. The Hall–Kier alpha value is -1.32. The maximum atomic E-state index is 6.06. The van der Waals surface area contributed by atoms with Crippen LogP contribution in [0.3, 0.4) is 0 Å². The molecule has 2 rings (SSSR count). The monoisotopic (exact) mass is 298 g/mol. The summed E-state index contributed by atoms with van der Waals surface area (Å²) in [4.78, 5) is 0. The van der Waals surface area contributed by atoms with E-state index in [9.17, 15) is 0 Å². The van der Waals surface area contributed by atoms with Crippen molar-refractivity contribution in [1.29, 1.82) is 0 Å². The van der Waals surface area contributed by atoms with E-state index in [0.29, 0.717) is 5.92 Å². The van der Waals surface area contributed by atoms with Gasteiger partial charge in [-0.3, -0.25) is 0 Å². The molecule has 0 N–H and O–H groups in total. The SMILES string of the molecule is CC(C)/C=C/C=Cc1ccc(B2OC(C)(C)C(C)(C)O2)cc1. The molecule has 118 valence electrons. The average Bonchev–Trinajstić information content (AvgIpc) is 2.64. The highest BCUT2D eigenvalue weighted by Gasteiger charge is 2.51. The van der Waals surface area contributed by atoms with E-state index in [-0.39, 0.29) is 18.3 Å². The van der Waals surface area contributed by atoms with Gasteiger partial charge in [-0.1, -0.05) is 62.4 Å². The van der Waals surface area contributed by atoms with Crippen molar-refractivity contribution < 1.29 is 9.31 Å². The van der Waals surface area contributed by atoms with Gasteiger partial charge in [-0.05, 0) is 44.6 Å². The molecule has 0 bridgehead atoms. The van der Waals surface area contributed by atoms with Crippen molar-refractivity contribution in [2.45, 2.75) is 52.7 Å². The summed E-state index contributed by atoms with van der Waals surface area (Å²) in [6.45, 7) is 12.6. The molecule has 22 heavy (non-hydrogen) atoms. The molecule has 1 aromatic carbocycles. The van der Waals surface area contributed by atoms with Crippen LogP contribution in [0.15, 0.2) is 42.5 Å². The van der Waals surface area contributed by atoms with Gasteiger partial charge in [-0.25, -0.2) is 0 Å². The zero-order valence-corrected chi connectivity index (χ0v) is 14.6. The van der Waals surface area contributed by atoms with Crippen LogP contribution in [0.1, 0.15) is 47.1 Å². The van der Waals surface area contributed by atoms with Gasteiger partial charge in [0.15, 0.2) is 0 Å².